The summed E-state index contributed by atoms with van der Waals surface area (Å²) in [6.45, 7) is 7.27. The van der Waals surface area contributed by atoms with E-state index in [-0.39, 0.29) is 5.38 Å². The monoisotopic (exact) mass is 282 g/mol. The normalized spacial score (nSPS) is 14.9. The van der Waals surface area contributed by atoms with Crippen molar-refractivity contribution < 1.29 is 0 Å². The molecule has 0 amide bonds. The lowest BCUT2D eigenvalue weighted by atomic mass is 10.2. The summed E-state index contributed by atoms with van der Waals surface area (Å²) in [5, 5.41) is 0.489. The maximum absolute atomic E-state index is 6.27. The van der Waals surface area contributed by atoms with E-state index in [4.69, 9.17) is 16.6 Å². The number of imidazole rings is 1. The van der Waals surface area contributed by atoms with Crippen LogP contribution in [-0.2, 0) is 6.54 Å². The van der Waals surface area contributed by atoms with Gasteiger partial charge < -0.3 is 4.57 Å². The first kappa shape index (κ1) is 13.8. The van der Waals surface area contributed by atoms with E-state index in [0.717, 1.165) is 17.9 Å². The van der Waals surface area contributed by atoms with Gasteiger partial charge in [0.1, 0.15) is 5.82 Å². The molecule has 1 aromatic carbocycles. The van der Waals surface area contributed by atoms with E-state index in [0.29, 0.717) is 5.25 Å². The fourth-order valence-electron chi connectivity index (χ4n) is 2.13. The van der Waals surface area contributed by atoms with Crippen LogP contribution in [0.5, 0.6) is 0 Å². The van der Waals surface area contributed by atoms with E-state index in [9.17, 15) is 0 Å². The number of aromatic nitrogens is 2. The summed E-state index contributed by atoms with van der Waals surface area (Å²) in [5.74, 6) is 0.974. The lowest BCUT2D eigenvalue weighted by Gasteiger charge is -2.14. The van der Waals surface area contributed by atoms with Crippen LogP contribution >= 0.6 is 23.4 Å². The number of halogens is 1. The number of benzene rings is 1. The van der Waals surface area contributed by atoms with Crippen molar-refractivity contribution in [2.75, 3.05) is 6.26 Å². The van der Waals surface area contributed by atoms with Crippen molar-refractivity contribution in [2.24, 2.45) is 0 Å². The van der Waals surface area contributed by atoms with E-state index in [1.165, 1.54) is 11.1 Å². The maximum Gasteiger partial charge on any atom is 0.127 e. The largest absolute Gasteiger partial charge is 0.326 e. The lowest BCUT2D eigenvalue weighted by molar-refractivity contribution is 0.665. The van der Waals surface area contributed by atoms with Crippen molar-refractivity contribution in [3.05, 3.63) is 29.6 Å². The van der Waals surface area contributed by atoms with Gasteiger partial charge in [0.2, 0.25) is 0 Å². The Kier molecular flexibility index (Phi) is 4.23. The standard InChI is InChI=1S/C14H19ClN2S/c1-9-6-5-7-12-13(9)16-14(11(3)15)17(12)8-10(2)18-4/h5-7,10-11H,8H2,1-4H3. The van der Waals surface area contributed by atoms with Crippen LogP contribution in [-0.4, -0.2) is 21.1 Å². The summed E-state index contributed by atoms with van der Waals surface area (Å²) in [5.41, 5.74) is 3.48. The number of fused-ring (bicyclic) bond motifs is 1. The topological polar surface area (TPSA) is 17.8 Å². The minimum absolute atomic E-state index is 0.0640. The molecule has 0 saturated carbocycles. The summed E-state index contributed by atoms with van der Waals surface area (Å²) in [6.07, 6.45) is 2.14. The van der Waals surface area contributed by atoms with Gasteiger partial charge in [0.25, 0.3) is 0 Å². The highest BCUT2D eigenvalue weighted by Crippen LogP contribution is 2.27. The van der Waals surface area contributed by atoms with Gasteiger partial charge in [-0.3, -0.25) is 0 Å². The second-order valence-electron chi connectivity index (χ2n) is 4.69. The minimum Gasteiger partial charge on any atom is -0.326 e. The average molecular weight is 283 g/mol. The molecule has 1 aromatic heterocycles. The molecular weight excluding hydrogens is 264 g/mol. The molecule has 2 rings (SSSR count). The second-order valence-corrected chi connectivity index (χ2v) is 6.62. The SMILES string of the molecule is CSC(C)Cn1c(C(C)Cl)nc2c(C)cccc21. The predicted octanol–water partition coefficient (Wildman–Crippen LogP) is 4.40. The first-order valence-corrected chi connectivity index (χ1v) is 7.89. The van der Waals surface area contributed by atoms with Gasteiger partial charge in [-0.05, 0) is 31.7 Å². The van der Waals surface area contributed by atoms with Crippen LogP contribution < -0.4 is 0 Å². The van der Waals surface area contributed by atoms with Crippen LogP contribution in [0.2, 0.25) is 0 Å². The van der Waals surface area contributed by atoms with Crippen LogP contribution in [0.4, 0.5) is 0 Å². The van der Waals surface area contributed by atoms with Crippen molar-refractivity contribution in [3.63, 3.8) is 0 Å². The fourth-order valence-corrected chi connectivity index (χ4v) is 2.60. The molecule has 18 heavy (non-hydrogen) atoms. The average Bonchev–Trinajstić information content (AvgIpc) is 2.70. The van der Waals surface area contributed by atoms with Crippen LogP contribution in [0.25, 0.3) is 11.0 Å². The van der Waals surface area contributed by atoms with E-state index < -0.39 is 0 Å². The van der Waals surface area contributed by atoms with Gasteiger partial charge in [0.15, 0.2) is 0 Å². The summed E-state index contributed by atoms with van der Waals surface area (Å²) in [6, 6.07) is 6.31. The highest BCUT2D eigenvalue weighted by atomic mass is 35.5. The van der Waals surface area contributed by atoms with Crippen molar-refractivity contribution in [3.8, 4) is 0 Å². The molecule has 4 heteroatoms. The number of rotatable bonds is 4. The first-order valence-electron chi connectivity index (χ1n) is 6.17. The number of hydrogen-bond acceptors (Lipinski definition) is 2. The highest BCUT2D eigenvalue weighted by Gasteiger charge is 2.17. The quantitative estimate of drug-likeness (QED) is 0.774. The molecule has 98 valence electrons. The van der Waals surface area contributed by atoms with Crippen molar-refractivity contribution >= 4 is 34.4 Å². The van der Waals surface area contributed by atoms with Gasteiger partial charge in [-0.25, -0.2) is 4.98 Å². The van der Waals surface area contributed by atoms with Crippen LogP contribution in [0.15, 0.2) is 18.2 Å². The molecule has 0 aliphatic rings. The Hall–Kier alpha value is -0.670. The number of nitrogens with zero attached hydrogens (tertiary/aromatic N) is 2. The molecular formula is C14H19ClN2S. The molecule has 0 saturated heterocycles. The summed E-state index contributed by atoms with van der Waals surface area (Å²) >= 11 is 8.13. The zero-order valence-electron chi connectivity index (χ0n) is 11.3. The number of hydrogen-bond donors (Lipinski definition) is 0. The summed E-state index contributed by atoms with van der Waals surface area (Å²) in [4.78, 5) is 4.72. The molecule has 0 spiro atoms. The van der Waals surface area contributed by atoms with Crippen molar-refractivity contribution in [2.45, 2.75) is 37.9 Å². The molecule has 0 aliphatic carbocycles. The summed E-state index contributed by atoms with van der Waals surface area (Å²) < 4.78 is 2.27. The Bertz CT molecular complexity index is 548. The molecule has 0 bridgehead atoms. The molecule has 2 nitrogen and oxygen atoms in total. The van der Waals surface area contributed by atoms with E-state index >= 15 is 0 Å². The zero-order chi connectivity index (χ0) is 13.3. The predicted molar refractivity (Wildman–Crippen MR) is 81.7 cm³/mol. The van der Waals surface area contributed by atoms with E-state index in [1.54, 1.807) is 0 Å². The number of aryl methyl sites for hydroxylation is 1. The summed E-state index contributed by atoms with van der Waals surface area (Å²) in [7, 11) is 0. The zero-order valence-corrected chi connectivity index (χ0v) is 12.8. The van der Waals surface area contributed by atoms with Gasteiger partial charge in [-0.1, -0.05) is 19.1 Å². The Balaban J connectivity index is 2.59. The number of thioether (sulfide) groups is 1. The van der Waals surface area contributed by atoms with Crippen molar-refractivity contribution in [1.82, 2.24) is 9.55 Å². The van der Waals surface area contributed by atoms with Gasteiger partial charge in [-0.2, -0.15) is 11.8 Å². The van der Waals surface area contributed by atoms with Gasteiger partial charge >= 0.3 is 0 Å². The Morgan fingerprint density at radius 1 is 1.39 bits per heavy atom. The van der Waals surface area contributed by atoms with Crippen LogP contribution in [0, 0.1) is 6.92 Å². The molecule has 0 radical (unpaired) electrons. The third-order valence-electron chi connectivity index (χ3n) is 3.21. The number of alkyl halides is 1. The Morgan fingerprint density at radius 3 is 2.72 bits per heavy atom. The first-order chi connectivity index (χ1) is 8.54. The molecule has 2 atom stereocenters. The molecule has 2 aromatic rings. The van der Waals surface area contributed by atoms with Crippen LogP contribution in [0.3, 0.4) is 0 Å². The Morgan fingerprint density at radius 2 is 2.11 bits per heavy atom. The molecule has 0 aliphatic heterocycles. The third-order valence-corrected chi connectivity index (χ3v) is 4.36. The van der Waals surface area contributed by atoms with Crippen molar-refractivity contribution in [1.29, 1.82) is 0 Å². The lowest BCUT2D eigenvalue weighted by Crippen LogP contribution is -2.12. The van der Waals surface area contributed by atoms with Gasteiger partial charge in [-0.15, -0.1) is 11.6 Å². The molecule has 1 heterocycles. The maximum atomic E-state index is 6.27. The number of para-hydroxylation sites is 1. The smallest absolute Gasteiger partial charge is 0.127 e. The van der Waals surface area contributed by atoms with Gasteiger partial charge in [0, 0.05) is 11.8 Å². The highest BCUT2D eigenvalue weighted by molar-refractivity contribution is 7.99. The Labute approximate surface area is 118 Å². The third kappa shape index (κ3) is 2.52. The fraction of sp³-hybridized carbons (Fsp3) is 0.500. The van der Waals surface area contributed by atoms with E-state index in [1.807, 2.05) is 18.7 Å². The second kappa shape index (κ2) is 5.54. The molecule has 0 N–H and O–H groups in total. The van der Waals surface area contributed by atoms with E-state index in [2.05, 4.69) is 42.9 Å². The molecule has 0 fully saturated rings. The molecule has 2 unspecified atom stereocenters. The van der Waals surface area contributed by atoms with Gasteiger partial charge in [0.05, 0.1) is 16.4 Å². The van der Waals surface area contributed by atoms with Crippen LogP contribution in [0.1, 0.15) is 30.6 Å². The minimum atomic E-state index is -0.0640.